The van der Waals surface area contributed by atoms with Crippen molar-refractivity contribution in [3.8, 4) is 5.75 Å². The van der Waals surface area contributed by atoms with Crippen LogP contribution in [0.4, 0.5) is 5.69 Å². The Hall–Kier alpha value is -1.81. The van der Waals surface area contributed by atoms with Crippen LogP contribution in [0.3, 0.4) is 0 Å². The van der Waals surface area contributed by atoms with Gasteiger partial charge >= 0.3 is 0 Å². The van der Waals surface area contributed by atoms with Crippen LogP contribution in [0.5, 0.6) is 5.75 Å². The topological polar surface area (TPSA) is 38.3 Å². The van der Waals surface area contributed by atoms with Crippen LogP contribution >= 0.6 is 15.9 Å². The number of halogens is 1. The molecule has 1 aliphatic heterocycles. The van der Waals surface area contributed by atoms with Crippen LogP contribution in [-0.4, -0.2) is 5.91 Å². The van der Waals surface area contributed by atoms with Gasteiger partial charge in [0.15, 0.2) is 0 Å². The number of carbonyl (C=O) groups is 1. The second-order valence-electron chi connectivity index (χ2n) is 4.04. The first-order valence-electron chi connectivity index (χ1n) is 5.56. The van der Waals surface area contributed by atoms with Crippen LogP contribution in [0.2, 0.25) is 0 Å². The van der Waals surface area contributed by atoms with E-state index >= 15 is 0 Å². The second kappa shape index (κ2) is 4.46. The van der Waals surface area contributed by atoms with Crippen molar-refractivity contribution < 1.29 is 9.53 Å². The SMILES string of the molecule is O=C1Nc2ccccc2OC1c1cccc(Br)c1. The number of carbonyl (C=O) groups excluding carboxylic acids is 1. The first-order chi connectivity index (χ1) is 8.74. The molecule has 1 heterocycles. The second-order valence-corrected chi connectivity index (χ2v) is 4.95. The lowest BCUT2D eigenvalue weighted by Crippen LogP contribution is -2.29. The quantitative estimate of drug-likeness (QED) is 0.875. The van der Waals surface area contributed by atoms with Crippen molar-refractivity contribution >= 4 is 27.5 Å². The van der Waals surface area contributed by atoms with Crippen molar-refractivity contribution in [2.75, 3.05) is 5.32 Å². The smallest absolute Gasteiger partial charge is 0.270 e. The molecule has 3 rings (SSSR count). The van der Waals surface area contributed by atoms with E-state index in [1.807, 2.05) is 48.5 Å². The van der Waals surface area contributed by atoms with E-state index in [1.165, 1.54) is 0 Å². The van der Waals surface area contributed by atoms with Gasteiger partial charge < -0.3 is 10.1 Å². The monoisotopic (exact) mass is 303 g/mol. The zero-order valence-corrected chi connectivity index (χ0v) is 11.0. The molecule has 18 heavy (non-hydrogen) atoms. The van der Waals surface area contributed by atoms with Crippen molar-refractivity contribution in [3.63, 3.8) is 0 Å². The third kappa shape index (κ3) is 1.99. The number of benzene rings is 2. The maximum absolute atomic E-state index is 12.0. The van der Waals surface area contributed by atoms with E-state index in [0.29, 0.717) is 11.4 Å². The number of amides is 1. The van der Waals surface area contributed by atoms with Crippen LogP contribution in [0.1, 0.15) is 11.7 Å². The summed E-state index contributed by atoms with van der Waals surface area (Å²) in [7, 11) is 0. The van der Waals surface area contributed by atoms with E-state index in [9.17, 15) is 4.79 Å². The molecule has 0 aromatic heterocycles. The van der Waals surface area contributed by atoms with Crippen LogP contribution < -0.4 is 10.1 Å². The summed E-state index contributed by atoms with van der Waals surface area (Å²) in [6, 6.07) is 15.0. The summed E-state index contributed by atoms with van der Waals surface area (Å²) in [5.74, 6) is 0.550. The van der Waals surface area contributed by atoms with Gasteiger partial charge in [-0.15, -0.1) is 0 Å². The minimum Gasteiger partial charge on any atom is -0.474 e. The highest BCUT2D eigenvalue weighted by Gasteiger charge is 2.28. The molecule has 90 valence electrons. The Morgan fingerprint density at radius 3 is 2.78 bits per heavy atom. The fourth-order valence-electron chi connectivity index (χ4n) is 1.94. The number of hydrogen-bond acceptors (Lipinski definition) is 2. The van der Waals surface area contributed by atoms with Crippen molar-refractivity contribution in [1.29, 1.82) is 0 Å². The standard InChI is InChI=1S/C14H10BrNO2/c15-10-5-3-4-9(8-10)13-14(17)16-11-6-1-2-7-12(11)18-13/h1-8,13H,(H,16,17). The third-order valence-electron chi connectivity index (χ3n) is 2.78. The van der Waals surface area contributed by atoms with Crippen molar-refractivity contribution in [2.24, 2.45) is 0 Å². The molecule has 0 saturated heterocycles. The molecule has 0 bridgehead atoms. The summed E-state index contributed by atoms with van der Waals surface area (Å²) in [4.78, 5) is 12.0. The normalized spacial score (nSPS) is 17.6. The van der Waals surface area contributed by atoms with Gasteiger partial charge in [0.1, 0.15) is 5.75 Å². The average molecular weight is 304 g/mol. The molecule has 0 radical (unpaired) electrons. The fraction of sp³-hybridized carbons (Fsp3) is 0.0714. The van der Waals surface area contributed by atoms with Gasteiger partial charge in [-0.3, -0.25) is 4.79 Å². The highest BCUT2D eigenvalue weighted by molar-refractivity contribution is 9.10. The first kappa shape index (κ1) is 11.3. The Bertz CT molecular complexity index is 612. The largest absolute Gasteiger partial charge is 0.474 e. The molecule has 0 fully saturated rings. The molecular formula is C14H10BrNO2. The maximum Gasteiger partial charge on any atom is 0.270 e. The van der Waals surface area contributed by atoms with Gasteiger partial charge in [-0.2, -0.15) is 0 Å². The Morgan fingerprint density at radius 1 is 1.11 bits per heavy atom. The number of anilines is 1. The van der Waals surface area contributed by atoms with E-state index in [-0.39, 0.29) is 5.91 Å². The predicted molar refractivity (Wildman–Crippen MR) is 72.6 cm³/mol. The van der Waals surface area contributed by atoms with Gasteiger partial charge in [0, 0.05) is 10.0 Å². The summed E-state index contributed by atoms with van der Waals surface area (Å²) in [6.07, 6.45) is -0.600. The predicted octanol–water partition coefficient (Wildman–Crippen LogP) is 3.52. The molecular weight excluding hydrogens is 294 g/mol. The fourth-order valence-corrected chi connectivity index (χ4v) is 2.36. The molecule has 3 nitrogen and oxygen atoms in total. The van der Waals surface area contributed by atoms with Crippen LogP contribution in [0, 0.1) is 0 Å². The van der Waals surface area contributed by atoms with Crippen molar-refractivity contribution in [3.05, 3.63) is 58.6 Å². The highest BCUT2D eigenvalue weighted by Crippen LogP contribution is 2.34. The summed E-state index contributed by atoms with van der Waals surface area (Å²) in [5, 5.41) is 2.85. The Morgan fingerprint density at radius 2 is 1.94 bits per heavy atom. The average Bonchev–Trinajstić information content (AvgIpc) is 2.38. The highest BCUT2D eigenvalue weighted by atomic mass is 79.9. The summed E-state index contributed by atoms with van der Waals surface area (Å²) in [5.41, 5.74) is 1.55. The van der Waals surface area contributed by atoms with Gasteiger partial charge in [0.05, 0.1) is 5.69 Å². The van der Waals surface area contributed by atoms with Crippen LogP contribution in [0.15, 0.2) is 53.0 Å². The molecule has 4 heteroatoms. The van der Waals surface area contributed by atoms with Gasteiger partial charge in [-0.25, -0.2) is 0 Å². The van der Waals surface area contributed by atoms with Gasteiger partial charge in [0.2, 0.25) is 6.10 Å². The molecule has 2 aromatic carbocycles. The molecule has 2 aromatic rings. The van der Waals surface area contributed by atoms with Gasteiger partial charge in [-0.1, -0.05) is 40.2 Å². The van der Waals surface area contributed by atoms with Crippen LogP contribution in [-0.2, 0) is 4.79 Å². The first-order valence-corrected chi connectivity index (χ1v) is 6.35. The summed E-state index contributed by atoms with van der Waals surface area (Å²) in [6.45, 7) is 0. The number of hydrogen-bond donors (Lipinski definition) is 1. The molecule has 1 aliphatic rings. The van der Waals surface area contributed by atoms with E-state index in [1.54, 1.807) is 0 Å². The molecule has 1 atom stereocenters. The molecule has 0 aliphatic carbocycles. The Labute approximate surface area is 113 Å². The molecule has 0 saturated carbocycles. The zero-order valence-electron chi connectivity index (χ0n) is 9.39. The Balaban J connectivity index is 1.98. The number of ether oxygens (including phenoxy) is 1. The molecule has 0 spiro atoms. The van der Waals surface area contributed by atoms with Gasteiger partial charge in [-0.05, 0) is 24.3 Å². The maximum atomic E-state index is 12.0. The van der Waals surface area contributed by atoms with Crippen LogP contribution in [0.25, 0.3) is 0 Å². The van der Waals surface area contributed by atoms with Gasteiger partial charge in [0.25, 0.3) is 5.91 Å². The minimum absolute atomic E-state index is 0.146. The zero-order chi connectivity index (χ0) is 12.5. The summed E-state index contributed by atoms with van der Waals surface area (Å²) >= 11 is 3.39. The van der Waals surface area contributed by atoms with E-state index in [4.69, 9.17) is 4.74 Å². The molecule has 1 N–H and O–H groups in total. The third-order valence-corrected chi connectivity index (χ3v) is 3.27. The lowest BCUT2D eigenvalue weighted by Gasteiger charge is -2.26. The lowest BCUT2D eigenvalue weighted by molar-refractivity contribution is -0.123. The number of fused-ring (bicyclic) bond motifs is 1. The summed E-state index contributed by atoms with van der Waals surface area (Å²) < 4.78 is 6.68. The number of para-hydroxylation sites is 2. The van der Waals surface area contributed by atoms with E-state index in [0.717, 1.165) is 10.0 Å². The Kier molecular flexibility index (Phi) is 2.80. The van der Waals surface area contributed by atoms with Crippen molar-refractivity contribution in [1.82, 2.24) is 0 Å². The number of nitrogens with one attached hydrogen (secondary N) is 1. The van der Waals surface area contributed by atoms with E-state index in [2.05, 4.69) is 21.2 Å². The number of rotatable bonds is 1. The minimum atomic E-state index is -0.600. The van der Waals surface area contributed by atoms with E-state index < -0.39 is 6.10 Å². The van der Waals surface area contributed by atoms with Crippen molar-refractivity contribution in [2.45, 2.75) is 6.10 Å². The molecule has 1 unspecified atom stereocenters. The molecule has 1 amide bonds. The lowest BCUT2D eigenvalue weighted by atomic mass is 10.1.